The molecule has 0 saturated carbocycles. The number of rotatable bonds is 7. The molecule has 4 rings (SSSR count). The van der Waals surface area contributed by atoms with Crippen LogP contribution in [0.25, 0.3) is 11.1 Å². The fourth-order valence-electron chi connectivity index (χ4n) is 5.39. The molecule has 0 spiro atoms. The molecule has 186 valence electrons. The summed E-state index contributed by atoms with van der Waals surface area (Å²) in [5, 5.41) is 12.6. The smallest absolute Gasteiger partial charge is 0.407 e. The summed E-state index contributed by atoms with van der Waals surface area (Å²) in [6, 6.07) is 15.4. The van der Waals surface area contributed by atoms with E-state index >= 15 is 0 Å². The highest BCUT2D eigenvalue weighted by Gasteiger charge is 2.49. The first-order valence-electron chi connectivity index (χ1n) is 12.3. The molecule has 2 aromatic rings. The average Bonchev–Trinajstić information content (AvgIpc) is 3.42. The van der Waals surface area contributed by atoms with Crippen LogP contribution in [0.4, 0.5) is 4.79 Å². The summed E-state index contributed by atoms with van der Waals surface area (Å²) in [5.74, 6) is -1.50. The predicted molar refractivity (Wildman–Crippen MR) is 133 cm³/mol. The highest BCUT2D eigenvalue weighted by atomic mass is 16.5. The Morgan fingerprint density at radius 3 is 2.09 bits per heavy atom. The number of alkyl carbamates (subject to hydrolysis) is 1. The molecule has 2 aliphatic rings. The Kier molecular flexibility index (Phi) is 6.88. The highest BCUT2D eigenvalue weighted by molar-refractivity contribution is 5.87. The number of carboxylic acids is 1. The van der Waals surface area contributed by atoms with E-state index in [1.54, 1.807) is 4.90 Å². The number of likely N-dealkylation sites (tertiary alicyclic amines) is 1. The van der Waals surface area contributed by atoms with Crippen molar-refractivity contribution in [3.63, 3.8) is 0 Å². The molecule has 1 saturated heterocycles. The van der Waals surface area contributed by atoms with Gasteiger partial charge < -0.3 is 20.1 Å². The van der Waals surface area contributed by atoms with Crippen LogP contribution in [0.5, 0.6) is 0 Å². The van der Waals surface area contributed by atoms with Crippen molar-refractivity contribution >= 4 is 18.0 Å². The Morgan fingerprint density at radius 1 is 1.03 bits per heavy atom. The van der Waals surface area contributed by atoms with Gasteiger partial charge in [-0.1, -0.05) is 76.2 Å². The Balaban J connectivity index is 1.42. The second-order valence-corrected chi connectivity index (χ2v) is 10.3. The van der Waals surface area contributed by atoms with Gasteiger partial charge in [0.25, 0.3) is 0 Å². The van der Waals surface area contributed by atoms with Gasteiger partial charge in [0.1, 0.15) is 12.6 Å². The van der Waals surface area contributed by atoms with E-state index in [4.69, 9.17) is 4.74 Å². The summed E-state index contributed by atoms with van der Waals surface area (Å²) in [4.78, 5) is 39.7. The Hall–Kier alpha value is -3.35. The van der Waals surface area contributed by atoms with E-state index in [1.165, 1.54) is 0 Å². The van der Waals surface area contributed by atoms with Crippen molar-refractivity contribution in [3.8, 4) is 11.1 Å². The normalized spacial score (nSPS) is 20.0. The number of hydrogen-bond donors (Lipinski definition) is 2. The molecule has 2 atom stereocenters. The van der Waals surface area contributed by atoms with Crippen LogP contribution in [0.15, 0.2) is 48.5 Å². The molecular formula is C28H34N2O5. The molecule has 1 aliphatic carbocycles. The fourth-order valence-corrected chi connectivity index (χ4v) is 5.39. The second-order valence-electron chi connectivity index (χ2n) is 10.3. The third-order valence-electron chi connectivity index (χ3n) is 7.69. The number of benzene rings is 2. The maximum absolute atomic E-state index is 13.3. The molecule has 1 heterocycles. The lowest BCUT2D eigenvalue weighted by atomic mass is 9.76. The molecule has 0 bridgehead atoms. The number of carbonyl (C=O) groups excluding carboxylic acids is 2. The SMILES string of the molecule is CC(C)C(NC(=O)OCC1c2ccccc2-c2ccccc21)C(=O)N1CCC(C(=O)O)(C(C)C)C1. The third kappa shape index (κ3) is 4.51. The maximum atomic E-state index is 13.3. The summed E-state index contributed by atoms with van der Waals surface area (Å²) in [5.41, 5.74) is 3.57. The minimum absolute atomic E-state index is 0.0674. The zero-order chi connectivity index (χ0) is 25.3. The van der Waals surface area contributed by atoms with Crippen LogP contribution in [0, 0.1) is 17.3 Å². The van der Waals surface area contributed by atoms with Gasteiger partial charge in [-0.2, -0.15) is 0 Å². The van der Waals surface area contributed by atoms with Crippen molar-refractivity contribution in [1.29, 1.82) is 0 Å². The summed E-state index contributed by atoms with van der Waals surface area (Å²) >= 11 is 0. The molecule has 2 N–H and O–H groups in total. The molecule has 0 radical (unpaired) electrons. The van der Waals surface area contributed by atoms with E-state index in [2.05, 4.69) is 29.6 Å². The average molecular weight is 479 g/mol. The fraction of sp³-hybridized carbons (Fsp3) is 0.464. The quantitative estimate of drug-likeness (QED) is 0.611. The summed E-state index contributed by atoms with van der Waals surface area (Å²) in [6.07, 6.45) is -0.243. The van der Waals surface area contributed by atoms with Gasteiger partial charge >= 0.3 is 12.1 Å². The van der Waals surface area contributed by atoms with Crippen LogP contribution in [0.2, 0.25) is 0 Å². The zero-order valence-corrected chi connectivity index (χ0v) is 20.8. The standard InChI is InChI=1S/C28H34N2O5/c1-17(2)24(25(31)30-14-13-28(16-30,18(3)4)26(32)33)29-27(34)35-15-23-21-11-7-5-9-19(21)20-10-6-8-12-22(20)23/h5-12,17-18,23-24H,13-16H2,1-4H3,(H,29,34)(H,32,33). The van der Waals surface area contributed by atoms with Gasteiger partial charge in [0.2, 0.25) is 5.91 Å². The third-order valence-corrected chi connectivity index (χ3v) is 7.69. The van der Waals surface area contributed by atoms with Crippen molar-refractivity contribution < 1.29 is 24.2 Å². The first-order valence-corrected chi connectivity index (χ1v) is 12.3. The zero-order valence-electron chi connectivity index (χ0n) is 20.8. The van der Waals surface area contributed by atoms with Crippen molar-refractivity contribution in [1.82, 2.24) is 10.2 Å². The first kappa shape index (κ1) is 24.8. The Bertz CT molecular complexity index is 1080. The number of hydrogen-bond acceptors (Lipinski definition) is 4. The number of nitrogens with zero attached hydrogens (tertiary/aromatic N) is 1. The summed E-state index contributed by atoms with van der Waals surface area (Å²) < 4.78 is 5.64. The molecular weight excluding hydrogens is 444 g/mol. The highest BCUT2D eigenvalue weighted by Crippen LogP contribution is 2.44. The molecule has 1 fully saturated rings. The van der Waals surface area contributed by atoms with Crippen molar-refractivity contribution in [2.45, 2.75) is 46.1 Å². The molecule has 7 nitrogen and oxygen atoms in total. The van der Waals surface area contributed by atoms with E-state index in [0.717, 1.165) is 22.3 Å². The van der Waals surface area contributed by atoms with E-state index in [0.29, 0.717) is 13.0 Å². The first-order chi connectivity index (χ1) is 16.7. The summed E-state index contributed by atoms with van der Waals surface area (Å²) in [6.45, 7) is 8.13. The molecule has 35 heavy (non-hydrogen) atoms. The van der Waals surface area contributed by atoms with Crippen LogP contribution in [0.1, 0.15) is 51.2 Å². The lowest BCUT2D eigenvalue weighted by Crippen LogP contribution is -2.52. The number of carboxylic acid groups (broad SMARTS) is 1. The van der Waals surface area contributed by atoms with E-state index in [-0.39, 0.29) is 36.8 Å². The van der Waals surface area contributed by atoms with E-state index in [9.17, 15) is 19.5 Å². The number of aliphatic carboxylic acids is 1. The number of amides is 2. The van der Waals surface area contributed by atoms with Crippen LogP contribution in [0.3, 0.4) is 0 Å². The van der Waals surface area contributed by atoms with Gasteiger partial charge in [0.15, 0.2) is 0 Å². The molecule has 2 amide bonds. The Morgan fingerprint density at radius 2 is 1.60 bits per heavy atom. The lowest BCUT2D eigenvalue weighted by molar-refractivity contribution is -0.151. The molecule has 2 aromatic carbocycles. The minimum atomic E-state index is -0.957. The maximum Gasteiger partial charge on any atom is 0.407 e. The number of nitrogens with one attached hydrogen (secondary N) is 1. The Labute approximate surface area is 206 Å². The molecule has 7 heteroatoms. The van der Waals surface area contributed by atoms with Crippen LogP contribution in [-0.4, -0.2) is 53.7 Å². The van der Waals surface area contributed by atoms with Gasteiger partial charge in [-0.25, -0.2) is 4.79 Å². The predicted octanol–water partition coefficient (Wildman–Crippen LogP) is 4.51. The van der Waals surface area contributed by atoms with Crippen LogP contribution >= 0.6 is 0 Å². The van der Waals surface area contributed by atoms with Gasteiger partial charge in [-0.15, -0.1) is 0 Å². The molecule has 0 aromatic heterocycles. The summed E-state index contributed by atoms with van der Waals surface area (Å²) in [7, 11) is 0. The second kappa shape index (κ2) is 9.72. The van der Waals surface area contributed by atoms with Crippen LogP contribution < -0.4 is 5.32 Å². The van der Waals surface area contributed by atoms with E-state index in [1.807, 2.05) is 52.0 Å². The topological polar surface area (TPSA) is 95.9 Å². The van der Waals surface area contributed by atoms with Crippen molar-refractivity contribution in [2.75, 3.05) is 19.7 Å². The monoisotopic (exact) mass is 478 g/mol. The van der Waals surface area contributed by atoms with Gasteiger partial charge in [0, 0.05) is 19.0 Å². The molecule has 1 aliphatic heterocycles. The largest absolute Gasteiger partial charge is 0.481 e. The number of carbonyl (C=O) groups is 3. The lowest BCUT2D eigenvalue weighted by Gasteiger charge is -2.30. The van der Waals surface area contributed by atoms with Gasteiger partial charge in [-0.05, 0) is 40.5 Å². The molecule has 2 unspecified atom stereocenters. The number of fused-ring (bicyclic) bond motifs is 3. The minimum Gasteiger partial charge on any atom is -0.481 e. The van der Waals surface area contributed by atoms with Gasteiger partial charge in [-0.3, -0.25) is 9.59 Å². The van der Waals surface area contributed by atoms with Crippen LogP contribution in [-0.2, 0) is 14.3 Å². The van der Waals surface area contributed by atoms with Crippen molar-refractivity contribution in [3.05, 3.63) is 59.7 Å². The van der Waals surface area contributed by atoms with Crippen molar-refractivity contribution in [2.24, 2.45) is 17.3 Å². The number of ether oxygens (including phenoxy) is 1. The van der Waals surface area contributed by atoms with Gasteiger partial charge in [0.05, 0.1) is 5.41 Å². The van der Waals surface area contributed by atoms with E-state index < -0.39 is 23.5 Å².